The van der Waals surface area contributed by atoms with Gasteiger partial charge in [0.2, 0.25) is 0 Å². The van der Waals surface area contributed by atoms with E-state index in [1.165, 1.54) is 0 Å². The van der Waals surface area contributed by atoms with Crippen molar-refractivity contribution >= 4 is 11.9 Å². The van der Waals surface area contributed by atoms with Crippen LogP contribution in [0.4, 0.5) is 0 Å². The monoisotopic (exact) mass is 286 g/mol. The van der Waals surface area contributed by atoms with Gasteiger partial charge in [-0.15, -0.1) is 0 Å². The lowest BCUT2D eigenvalue weighted by Crippen LogP contribution is -2.18. The fourth-order valence-corrected chi connectivity index (χ4v) is 1.82. The van der Waals surface area contributed by atoms with Crippen molar-refractivity contribution < 1.29 is 19.1 Å². The van der Waals surface area contributed by atoms with Crippen molar-refractivity contribution in [2.24, 2.45) is 0 Å². The largest absolute Gasteiger partial charge is 0.466 e. The maximum absolute atomic E-state index is 11.6. The predicted octanol–water partition coefficient (Wildman–Crippen LogP) is 4.01. The minimum atomic E-state index is -0.311. The molecule has 20 heavy (non-hydrogen) atoms. The molecule has 4 heteroatoms. The normalized spacial score (nSPS) is 11.9. The number of unbranched alkanes of at least 4 members (excludes halogenated alkanes) is 3. The Balaban J connectivity index is 3.76. The van der Waals surface area contributed by atoms with Gasteiger partial charge in [0.25, 0.3) is 0 Å². The minimum Gasteiger partial charge on any atom is -0.466 e. The third-order valence-corrected chi connectivity index (χ3v) is 3.18. The fourth-order valence-electron chi connectivity index (χ4n) is 1.82. The first kappa shape index (κ1) is 18.9. The van der Waals surface area contributed by atoms with Crippen molar-refractivity contribution in [3.05, 3.63) is 0 Å². The Morgan fingerprint density at radius 3 is 2.15 bits per heavy atom. The lowest BCUT2D eigenvalue weighted by Gasteiger charge is -2.15. The summed E-state index contributed by atoms with van der Waals surface area (Å²) in [5.74, 6) is -0.602. The smallest absolute Gasteiger partial charge is 0.306 e. The average molecular weight is 286 g/mol. The lowest BCUT2D eigenvalue weighted by atomic mass is 10.1. The van der Waals surface area contributed by atoms with Gasteiger partial charge in [0.05, 0.1) is 19.4 Å². The fraction of sp³-hybridized carbons (Fsp3) is 0.875. The molecule has 0 fully saturated rings. The van der Waals surface area contributed by atoms with Crippen LogP contribution in [0.3, 0.4) is 0 Å². The van der Waals surface area contributed by atoms with E-state index in [0.717, 1.165) is 44.9 Å². The van der Waals surface area contributed by atoms with E-state index < -0.39 is 0 Å². The molecule has 0 saturated carbocycles. The average Bonchev–Trinajstić information content (AvgIpc) is 2.44. The molecule has 0 aromatic rings. The van der Waals surface area contributed by atoms with Crippen LogP contribution < -0.4 is 0 Å². The molecule has 4 nitrogen and oxygen atoms in total. The molecule has 0 saturated heterocycles. The molecule has 0 aliphatic carbocycles. The van der Waals surface area contributed by atoms with Crippen LogP contribution in [0.2, 0.25) is 0 Å². The molecule has 0 spiro atoms. The summed E-state index contributed by atoms with van der Waals surface area (Å²) in [5.41, 5.74) is 0. The molecule has 0 N–H and O–H groups in total. The van der Waals surface area contributed by atoms with Crippen LogP contribution in [-0.4, -0.2) is 24.6 Å². The van der Waals surface area contributed by atoms with Gasteiger partial charge >= 0.3 is 11.9 Å². The van der Waals surface area contributed by atoms with Gasteiger partial charge in [-0.05, 0) is 25.7 Å². The van der Waals surface area contributed by atoms with E-state index in [9.17, 15) is 9.59 Å². The summed E-state index contributed by atoms with van der Waals surface area (Å²) >= 11 is 0. The van der Waals surface area contributed by atoms with Gasteiger partial charge < -0.3 is 9.47 Å². The first-order chi connectivity index (χ1) is 9.63. The summed E-state index contributed by atoms with van der Waals surface area (Å²) < 4.78 is 10.4. The van der Waals surface area contributed by atoms with E-state index in [1.807, 2.05) is 13.8 Å². The molecule has 1 atom stereocenters. The molecule has 1 unspecified atom stereocenters. The van der Waals surface area contributed by atoms with Crippen LogP contribution in [-0.2, 0) is 19.1 Å². The standard InChI is InChI=1S/C16H30O4/c1-4-7-9-10-14(6-3)20-16(18)12-11-15(17)19-13-8-5-2/h14H,4-13H2,1-3H3. The highest BCUT2D eigenvalue weighted by atomic mass is 16.5. The van der Waals surface area contributed by atoms with Crippen LogP contribution in [0, 0.1) is 0 Å². The topological polar surface area (TPSA) is 52.6 Å². The number of hydrogen-bond donors (Lipinski definition) is 0. The Hall–Kier alpha value is -1.06. The Labute approximate surface area is 123 Å². The number of ether oxygens (including phenoxy) is 2. The minimum absolute atomic E-state index is 0.00911. The van der Waals surface area contributed by atoms with Crippen molar-refractivity contribution in [2.75, 3.05) is 6.61 Å². The highest BCUT2D eigenvalue weighted by molar-refractivity contribution is 5.77. The molecule has 0 amide bonds. The van der Waals surface area contributed by atoms with Crippen LogP contribution >= 0.6 is 0 Å². The van der Waals surface area contributed by atoms with Gasteiger partial charge in [0.15, 0.2) is 0 Å². The van der Waals surface area contributed by atoms with E-state index in [-0.39, 0.29) is 30.9 Å². The van der Waals surface area contributed by atoms with Gasteiger partial charge in [-0.2, -0.15) is 0 Å². The summed E-state index contributed by atoms with van der Waals surface area (Å²) in [6.07, 6.45) is 7.24. The Morgan fingerprint density at radius 2 is 1.55 bits per heavy atom. The summed E-state index contributed by atoms with van der Waals surface area (Å²) in [6, 6.07) is 0. The summed E-state index contributed by atoms with van der Waals surface area (Å²) in [5, 5.41) is 0. The van der Waals surface area contributed by atoms with Crippen LogP contribution in [0.25, 0.3) is 0 Å². The van der Waals surface area contributed by atoms with Crippen molar-refractivity contribution in [1.29, 1.82) is 0 Å². The number of carbonyl (C=O) groups is 2. The Bertz CT molecular complexity index is 263. The molecular formula is C16H30O4. The number of esters is 2. The van der Waals surface area contributed by atoms with Gasteiger partial charge in [-0.25, -0.2) is 0 Å². The lowest BCUT2D eigenvalue weighted by molar-refractivity contribution is -0.154. The molecule has 118 valence electrons. The SMILES string of the molecule is CCCCCC(CC)OC(=O)CCC(=O)OCCCC. The van der Waals surface area contributed by atoms with Crippen molar-refractivity contribution in [3.63, 3.8) is 0 Å². The highest BCUT2D eigenvalue weighted by Crippen LogP contribution is 2.11. The molecule has 0 aliphatic heterocycles. The zero-order chi connectivity index (χ0) is 15.2. The number of carbonyl (C=O) groups excluding carboxylic acids is 2. The van der Waals surface area contributed by atoms with Crippen molar-refractivity contribution in [1.82, 2.24) is 0 Å². The van der Waals surface area contributed by atoms with Gasteiger partial charge in [0, 0.05) is 0 Å². The third-order valence-electron chi connectivity index (χ3n) is 3.18. The van der Waals surface area contributed by atoms with E-state index in [1.54, 1.807) is 0 Å². The zero-order valence-electron chi connectivity index (χ0n) is 13.3. The van der Waals surface area contributed by atoms with E-state index in [0.29, 0.717) is 6.61 Å². The van der Waals surface area contributed by atoms with Gasteiger partial charge in [0.1, 0.15) is 6.10 Å². The Morgan fingerprint density at radius 1 is 0.900 bits per heavy atom. The molecule has 0 aromatic carbocycles. The summed E-state index contributed by atoms with van der Waals surface area (Å²) in [6.45, 7) is 6.65. The second-order valence-electron chi connectivity index (χ2n) is 5.09. The van der Waals surface area contributed by atoms with Gasteiger partial charge in [-0.3, -0.25) is 9.59 Å². The maximum atomic E-state index is 11.6. The van der Waals surface area contributed by atoms with E-state index in [2.05, 4.69) is 6.92 Å². The first-order valence-corrected chi connectivity index (χ1v) is 7.99. The molecule has 0 bridgehead atoms. The van der Waals surface area contributed by atoms with Crippen LogP contribution in [0.5, 0.6) is 0 Å². The molecule has 0 rings (SSSR count). The zero-order valence-corrected chi connectivity index (χ0v) is 13.3. The Kier molecular flexibility index (Phi) is 12.3. The summed E-state index contributed by atoms with van der Waals surface area (Å²) in [4.78, 5) is 23.0. The number of rotatable bonds is 12. The molecule has 0 aliphatic rings. The van der Waals surface area contributed by atoms with Crippen LogP contribution in [0.15, 0.2) is 0 Å². The van der Waals surface area contributed by atoms with Crippen molar-refractivity contribution in [2.45, 2.75) is 84.7 Å². The van der Waals surface area contributed by atoms with Crippen molar-refractivity contribution in [3.8, 4) is 0 Å². The molecule has 0 heterocycles. The first-order valence-electron chi connectivity index (χ1n) is 7.99. The second-order valence-corrected chi connectivity index (χ2v) is 5.09. The predicted molar refractivity (Wildman–Crippen MR) is 79.4 cm³/mol. The quantitative estimate of drug-likeness (QED) is 0.402. The third kappa shape index (κ3) is 10.8. The molecule has 0 radical (unpaired) electrons. The van der Waals surface area contributed by atoms with E-state index in [4.69, 9.17) is 9.47 Å². The van der Waals surface area contributed by atoms with E-state index >= 15 is 0 Å². The molecule has 0 aromatic heterocycles. The molecular weight excluding hydrogens is 256 g/mol. The maximum Gasteiger partial charge on any atom is 0.306 e. The van der Waals surface area contributed by atoms with Gasteiger partial charge in [-0.1, -0.05) is 40.0 Å². The van der Waals surface area contributed by atoms with Crippen LogP contribution in [0.1, 0.15) is 78.6 Å². The highest BCUT2D eigenvalue weighted by Gasteiger charge is 2.14. The summed E-state index contributed by atoms with van der Waals surface area (Å²) in [7, 11) is 0. The second kappa shape index (κ2) is 12.9. The number of hydrogen-bond acceptors (Lipinski definition) is 4.